The van der Waals surface area contributed by atoms with Crippen molar-refractivity contribution in [3.63, 3.8) is 0 Å². The summed E-state index contributed by atoms with van der Waals surface area (Å²) >= 11 is 0. The van der Waals surface area contributed by atoms with Crippen LogP contribution in [0.5, 0.6) is 0 Å². The van der Waals surface area contributed by atoms with Crippen molar-refractivity contribution in [1.82, 2.24) is 5.32 Å². The van der Waals surface area contributed by atoms with Crippen LogP contribution in [0.25, 0.3) is 0 Å². The van der Waals surface area contributed by atoms with Crippen LogP contribution in [-0.2, 0) is 0 Å². The van der Waals surface area contributed by atoms with Gasteiger partial charge in [-0.3, -0.25) is 0 Å². The number of nitrogens with two attached hydrogens (primary N) is 1. The fourth-order valence-electron chi connectivity index (χ4n) is 2.26. The summed E-state index contributed by atoms with van der Waals surface area (Å²) in [5, 5.41) is 2.94. The highest BCUT2D eigenvalue weighted by Crippen LogP contribution is 2.25. The molecule has 0 aromatic carbocycles. The average Bonchev–Trinajstić information content (AvgIpc) is 2.03. The minimum absolute atomic E-state index is 0.0515. The summed E-state index contributed by atoms with van der Waals surface area (Å²) in [5.41, 5.74) is 5.17. The minimum atomic E-state index is -0.389. The predicted molar refractivity (Wildman–Crippen MR) is 60.2 cm³/mol. The first-order valence-corrected chi connectivity index (χ1v) is 5.67. The molecule has 0 atom stereocenters. The van der Waals surface area contributed by atoms with Crippen LogP contribution in [0.2, 0.25) is 0 Å². The van der Waals surface area contributed by atoms with Gasteiger partial charge in [-0.2, -0.15) is 0 Å². The van der Waals surface area contributed by atoms with Crippen molar-refractivity contribution in [2.45, 2.75) is 64.8 Å². The third kappa shape index (κ3) is 4.49. The van der Waals surface area contributed by atoms with Crippen LogP contribution in [-0.4, -0.2) is 11.6 Å². The van der Waals surface area contributed by atoms with E-state index in [2.05, 4.69) is 26.1 Å². The quantitative estimate of drug-likeness (QED) is 0.652. The van der Waals surface area contributed by atoms with Gasteiger partial charge in [-0.25, -0.2) is 4.79 Å². The van der Waals surface area contributed by atoms with Gasteiger partial charge in [0.2, 0.25) is 0 Å². The molecule has 3 nitrogen and oxygen atoms in total. The number of hydrogen-bond acceptors (Lipinski definition) is 1. The molecule has 0 heterocycles. The van der Waals surface area contributed by atoms with Gasteiger partial charge >= 0.3 is 6.03 Å². The zero-order chi connectivity index (χ0) is 11.0. The summed E-state index contributed by atoms with van der Waals surface area (Å²) in [6.07, 6.45) is 6.33. The Balaban J connectivity index is 4.45. The van der Waals surface area contributed by atoms with Crippen LogP contribution in [0.1, 0.15) is 59.3 Å². The molecule has 0 aliphatic heterocycles. The van der Waals surface area contributed by atoms with Gasteiger partial charge in [0.15, 0.2) is 0 Å². The molecule has 0 aliphatic rings. The summed E-state index contributed by atoms with van der Waals surface area (Å²) in [7, 11) is 0. The molecular weight excluding hydrogens is 176 g/mol. The minimum Gasteiger partial charge on any atom is -0.352 e. The molecule has 14 heavy (non-hydrogen) atoms. The number of carbonyl (C=O) groups excluding carboxylic acids is 1. The van der Waals surface area contributed by atoms with Gasteiger partial charge in [-0.15, -0.1) is 0 Å². The lowest BCUT2D eigenvalue weighted by Gasteiger charge is -2.33. The maximum Gasteiger partial charge on any atom is 0.312 e. The lowest BCUT2D eigenvalue weighted by Crippen LogP contribution is -2.50. The largest absolute Gasteiger partial charge is 0.352 e. The number of amides is 2. The van der Waals surface area contributed by atoms with Gasteiger partial charge in [-0.1, -0.05) is 40.0 Å². The Morgan fingerprint density at radius 2 is 1.43 bits per heavy atom. The summed E-state index contributed by atoms with van der Waals surface area (Å²) < 4.78 is 0. The number of hydrogen-bond donors (Lipinski definition) is 2. The predicted octanol–water partition coefficient (Wildman–Crippen LogP) is 2.79. The highest BCUT2D eigenvalue weighted by molar-refractivity contribution is 5.72. The zero-order valence-corrected chi connectivity index (χ0v) is 9.73. The standard InChI is InChI=1S/C11H24N2O/c1-4-7-11(8-5-2,9-6-3)13-10(12)14/h4-9H2,1-3H3,(H3,12,13,14). The monoisotopic (exact) mass is 200 g/mol. The molecule has 3 heteroatoms. The van der Waals surface area contributed by atoms with Crippen molar-refractivity contribution >= 4 is 6.03 Å². The van der Waals surface area contributed by atoms with Crippen LogP contribution in [0.4, 0.5) is 4.79 Å². The summed E-state index contributed by atoms with van der Waals surface area (Å²) in [5.74, 6) is 0. The maximum absolute atomic E-state index is 11.0. The van der Waals surface area contributed by atoms with E-state index in [4.69, 9.17) is 5.73 Å². The van der Waals surface area contributed by atoms with Crippen LogP contribution >= 0.6 is 0 Å². The first-order chi connectivity index (χ1) is 6.60. The molecule has 0 spiro atoms. The van der Waals surface area contributed by atoms with E-state index in [1.807, 2.05) is 0 Å². The second-order valence-electron chi connectivity index (χ2n) is 4.02. The van der Waals surface area contributed by atoms with E-state index in [0.717, 1.165) is 38.5 Å². The van der Waals surface area contributed by atoms with Gasteiger partial charge in [0.05, 0.1) is 0 Å². The van der Waals surface area contributed by atoms with Crippen molar-refractivity contribution in [3.05, 3.63) is 0 Å². The average molecular weight is 200 g/mol. The second-order valence-corrected chi connectivity index (χ2v) is 4.02. The van der Waals surface area contributed by atoms with Gasteiger partial charge in [0.1, 0.15) is 0 Å². The highest BCUT2D eigenvalue weighted by Gasteiger charge is 2.28. The molecule has 3 N–H and O–H groups in total. The molecule has 0 saturated heterocycles. The fraction of sp³-hybridized carbons (Fsp3) is 0.909. The molecule has 0 aromatic heterocycles. The van der Waals surface area contributed by atoms with Crippen molar-refractivity contribution in [1.29, 1.82) is 0 Å². The second kappa shape index (κ2) is 6.68. The third-order valence-corrected chi connectivity index (χ3v) is 2.57. The number of rotatable bonds is 7. The Hall–Kier alpha value is -0.730. The zero-order valence-electron chi connectivity index (χ0n) is 9.73. The van der Waals surface area contributed by atoms with Crippen LogP contribution in [0, 0.1) is 0 Å². The molecule has 0 aromatic rings. The lowest BCUT2D eigenvalue weighted by molar-refractivity contribution is 0.217. The van der Waals surface area contributed by atoms with Crippen LogP contribution in [0.15, 0.2) is 0 Å². The van der Waals surface area contributed by atoms with E-state index < -0.39 is 0 Å². The first kappa shape index (κ1) is 13.3. The normalized spacial score (nSPS) is 11.4. The Bertz CT molecular complexity index is 152. The third-order valence-electron chi connectivity index (χ3n) is 2.57. The number of nitrogens with one attached hydrogen (secondary N) is 1. The van der Waals surface area contributed by atoms with Crippen molar-refractivity contribution in [2.75, 3.05) is 0 Å². The van der Waals surface area contributed by atoms with E-state index in [1.54, 1.807) is 0 Å². The van der Waals surface area contributed by atoms with Crippen LogP contribution in [0.3, 0.4) is 0 Å². The number of primary amides is 1. The van der Waals surface area contributed by atoms with Crippen molar-refractivity contribution in [2.24, 2.45) is 5.73 Å². The molecular formula is C11H24N2O. The smallest absolute Gasteiger partial charge is 0.312 e. The molecule has 0 saturated carbocycles. The Kier molecular flexibility index (Phi) is 6.34. The molecule has 0 bridgehead atoms. The Morgan fingerprint density at radius 3 is 1.64 bits per heavy atom. The Labute approximate surface area is 87.4 Å². The van der Waals surface area contributed by atoms with Crippen molar-refractivity contribution < 1.29 is 4.79 Å². The van der Waals surface area contributed by atoms with Gasteiger partial charge in [0, 0.05) is 5.54 Å². The summed E-state index contributed by atoms with van der Waals surface area (Å²) in [4.78, 5) is 11.0. The fourth-order valence-corrected chi connectivity index (χ4v) is 2.26. The summed E-state index contributed by atoms with van der Waals surface area (Å²) in [6.45, 7) is 6.42. The van der Waals surface area contributed by atoms with E-state index in [9.17, 15) is 4.79 Å². The maximum atomic E-state index is 11.0. The Morgan fingerprint density at radius 1 is 1.07 bits per heavy atom. The molecule has 84 valence electrons. The molecule has 0 aliphatic carbocycles. The summed E-state index contributed by atoms with van der Waals surface area (Å²) in [6, 6.07) is -0.389. The molecule has 2 amide bonds. The highest BCUT2D eigenvalue weighted by atomic mass is 16.2. The van der Waals surface area contributed by atoms with Gasteiger partial charge in [0.25, 0.3) is 0 Å². The number of carbonyl (C=O) groups is 1. The van der Waals surface area contributed by atoms with Gasteiger partial charge in [-0.05, 0) is 19.3 Å². The van der Waals surface area contributed by atoms with E-state index in [0.29, 0.717) is 0 Å². The van der Waals surface area contributed by atoms with Gasteiger partial charge < -0.3 is 11.1 Å². The SMILES string of the molecule is CCCC(CCC)(CCC)NC(N)=O. The van der Waals surface area contributed by atoms with E-state index >= 15 is 0 Å². The molecule has 0 fully saturated rings. The molecule has 0 radical (unpaired) electrons. The number of urea groups is 1. The van der Waals surface area contributed by atoms with E-state index in [-0.39, 0.29) is 11.6 Å². The topological polar surface area (TPSA) is 55.1 Å². The first-order valence-electron chi connectivity index (χ1n) is 5.67. The van der Waals surface area contributed by atoms with Crippen LogP contribution < -0.4 is 11.1 Å². The lowest BCUT2D eigenvalue weighted by atomic mass is 9.84. The molecule has 0 rings (SSSR count). The van der Waals surface area contributed by atoms with Crippen molar-refractivity contribution in [3.8, 4) is 0 Å². The van der Waals surface area contributed by atoms with E-state index in [1.165, 1.54) is 0 Å². The molecule has 0 unspecified atom stereocenters.